The van der Waals surface area contributed by atoms with Crippen molar-refractivity contribution in [2.45, 2.75) is 19.1 Å². The number of hydrogen-bond donors (Lipinski definition) is 1. The summed E-state index contributed by atoms with van der Waals surface area (Å²) in [5.41, 5.74) is 4.69. The van der Waals surface area contributed by atoms with Crippen molar-refractivity contribution in [1.29, 1.82) is 0 Å². The van der Waals surface area contributed by atoms with Gasteiger partial charge in [-0.2, -0.15) is 10.1 Å². The number of halogens is 1. The number of nitrogens with zero attached hydrogens (tertiary/aromatic N) is 4. The van der Waals surface area contributed by atoms with E-state index in [4.69, 9.17) is 21.1 Å². The third-order valence-corrected chi connectivity index (χ3v) is 6.11. The Labute approximate surface area is 195 Å². The second-order valence-electron chi connectivity index (χ2n) is 7.78. The molecule has 2 aliphatic heterocycles. The molecule has 0 bridgehead atoms. The highest BCUT2D eigenvalue weighted by atomic mass is 35.5. The Morgan fingerprint density at radius 2 is 2.06 bits per heavy atom. The van der Waals surface area contributed by atoms with Crippen LogP contribution >= 0.6 is 11.6 Å². The topological polar surface area (TPSA) is 74.1 Å². The van der Waals surface area contributed by atoms with Crippen LogP contribution < -0.4 is 14.8 Å². The van der Waals surface area contributed by atoms with Gasteiger partial charge in [-0.1, -0.05) is 35.9 Å². The average molecular weight is 458 g/mol. The standard InChI is InChI=1S/C25H20ClN5O2/c1-2-32-19-8-4-3-7-17(19)24-21-22(18-12-16(26)9-10-20(18)33-24)30-25-28-14-29-31(25)23(21)15-6-5-11-27-13-15/h3-14,23-24H,2H2,1H3,(H,28,29,30)/t23-,24-/m0/s1. The van der Waals surface area contributed by atoms with Crippen LogP contribution in [0.4, 0.5) is 5.95 Å². The zero-order chi connectivity index (χ0) is 22.4. The molecule has 0 aliphatic carbocycles. The monoisotopic (exact) mass is 457 g/mol. The maximum absolute atomic E-state index is 6.65. The number of benzene rings is 2. The normalized spacial score (nSPS) is 18.5. The zero-order valence-corrected chi connectivity index (χ0v) is 18.5. The van der Waals surface area contributed by atoms with E-state index in [1.807, 2.05) is 72.4 Å². The molecule has 0 radical (unpaired) electrons. The second-order valence-corrected chi connectivity index (χ2v) is 8.22. The summed E-state index contributed by atoms with van der Waals surface area (Å²) >= 11 is 6.39. The highest BCUT2D eigenvalue weighted by Crippen LogP contribution is 2.52. The van der Waals surface area contributed by atoms with E-state index >= 15 is 0 Å². The predicted molar refractivity (Wildman–Crippen MR) is 125 cm³/mol. The molecule has 8 heteroatoms. The maximum atomic E-state index is 6.65. The summed E-state index contributed by atoms with van der Waals surface area (Å²) in [4.78, 5) is 8.82. The highest BCUT2D eigenvalue weighted by molar-refractivity contribution is 6.30. The van der Waals surface area contributed by atoms with Crippen LogP contribution in [-0.4, -0.2) is 26.4 Å². The van der Waals surface area contributed by atoms with Gasteiger partial charge in [0.2, 0.25) is 5.95 Å². The van der Waals surface area contributed by atoms with Crippen molar-refractivity contribution in [3.63, 3.8) is 0 Å². The van der Waals surface area contributed by atoms with Crippen LogP contribution in [0, 0.1) is 0 Å². The van der Waals surface area contributed by atoms with Crippen LogP contribution in [0.5, 0.6) is 11.5 Å². The van der Waals surface area contributed by atoms with Crippen LogP contribution in [0.25, 0.3) is 5.70 Å². The highest BCUT2D eigenvalue weighted by Gasteiger charge is 2.42. The number of rotatable bonds is 4. The molecule has 2 aliphatic rings. The van der Waals surface area contributed by atoms with Crippen molar-refractivity contribution >= 4 is 23.2 Å². The Kier molecular flexibility index (Phi) is 4.77. The van der Waals surface area contributed by atoms with Crippen molar-refractivity contribution < 1.29 is 9.47 Å². The lowest BCUT2D eigenvalue weighted by molar-refractivity contribution is 0.215. The van der Waals surface area contributed by atoms with Gasteiger partial charge in [-0.3, -0.25) is 4.98 Å². The Hall–Kier alpha value is -3.84. The van der Waals surface area contributed by atoms with E-state index in [2.05, 4.69) is 20.4 Å². The third kappa shape index (κ3) is 3.24. The first-order valence-corrected chi connectivity index (χ1v) is 11.1. The van der Waals surface area contributed by atoms with Crippen LogP contribution in [-0.2, 0) is 0 Å². The van der Waals surface area contributed by atoms with Gasteiger partial charge in [-0.15, -0.1) is 0 Å². The van der Waals surface area contributed by atoms with E-state index in [-0.39, 0.29) is 6.04 Å². The minimum atomic E-state index is -0.425. The van der Waals surface area contributed by atoms with Gasteiger partial charge in [0.25, 0.3) is 0 Å². The number of nitrogens with one attached hydrogen (secondary N) is 1. The molecule has 0 amide bonds. The first-order valence-electron chi connectivity index (χ1n) is 10.7. The molecule has 0 saturated heterocycles. The van der Waals surface area contributed by atoms with Crippen LogP contribution in [0.15, 0.2) is 78.9 Å². The van der Waals surface area contributed by atoms with Crippen molar-refractivity contribution in [2.24, 2.45) is 0 Å². The van der Waals surface area contributed by atoms with Gasteiger partial charge in [0.15, 0.2) is 6.10 Å². The molecule has 1 N–H and O–H groups in total. The summed E-state index contributed by atoms with van der Waals surface area (Å²) < 4.78 is 14.5. The van der Waals surface area contributed by atoms with E-state index < -0.39 is 6.10 Å². The summed E-state index contributed by atoms with van der Waals surface area (Å²) in [7, 11) is 0. The summed E-state index contributed by atoms with van der Waals surface area (Å²) in [6.45, 7) is 2.53. The van der Waals surface area contributed by atoms with Crippen LogP contribution in [0.3, 0.4) is 0 Å². The predicted octanol–water partition coefficient (Wildman–Crippen LogP) is 5.29. The first kappa shape index (κ1) is 19.8. The van der Waals surface area contributed by atoms with E-state index in [1.54, 1.807) is 12.5 Å². The molecule has 2 aromatic heterocycles. The number of anilines is 1. The number of pyridine rings is 1. The summed E-state index contributed by atoms with van der Waals surface area (Å²) in [6.07, 6.45) is 4.74. The third-order valence-electron chi connectivity index (χ3n) is 5.88. The van der Waals surface area contributed by atoms with Crippen molar-refractivity contribution in [3.8, 4) is 11.5 Å². The van der Waals surface area contributed by atoms with Crippen molar-refractivity contribution in [2.75, 3.05) is 11.9 Å². The molecule has 0 spiro atoms. The SMILES string of the molecule is CCOc1ccccc1[C@@H]1Oc2ccc(Cl)cc2C2=C1[C@H](c1cccnc1)n1ncnc1N2. The molecule has 4 heterocycles. The zero-order valence-electron chi connectivity index (χ0n) is 17.8. The van der Waals surface area contributed by atoms with E-state index in [0.29, 0.717) is 17.6 Å². The number of para-hydroxylation sites is 1. The summed E-state index contributed by atoms with van der Waals surface area (Å²) in [5, 5.41) is 8.65. The van der Waals surface area contributed by atoms with Crippen molar-refractivity contribution in [3.05, 3.63) is 101 Å². The Bertz CT molecular complexity index is 1370. The smallest absolute Gasteiger partial charge is 0.226 e. The number of aromatic nitrogens is 4. The Balaban J connectivity index is 1.64. The average Bonchev–Trinajstić information content (AvgIpc) is 3.32. The minimum Gasteiger partial charge on any atom is -0.493 e. The van der Waals surface area contributed by atoms with Crippen LogP contribution in [0.2, 0.25) is 5.02 Å². The van der Waals surface area contributed by atoms with Gasteiger partial charge in [-0.25, -0.2) is 4.68 Å². The fourth-order valence-corrected chi connectivity index (χ4v) is 4.71. The largest absolute Gasteiger partial charge is 0.493 e. The molecule has 2 atom stereocenters. The Morgan fingerprint density at radius 3 is 2.91 bits per heavy atom. The molecule has 33 heavy (non-hydrogen) atoms. The van der Waals surface area contributed by atoms with Crippen LogP contribution in [0.1, 0.15) is 35.8 Å². The molecule has 0 saturated carbocycles. The molecular weight excluding hydrogens is 438 g/mol. The molecule has 0 fully saturated rings. The molecule has 164 valence electrons. The van der Waals surface area contributed by atoms with E-state index in [0.717, 1.165) is 39.5 Å². The van der Waals surface area contributed by atoms with Gasteiger partial charge in [0.1, 0.15) is 23.9 Å². The maximum Gasteiger partial charge on any atom is 0.226 e. The van der Waals surface area contributed by atoms with Gasteiger partial charge in [0, 0.05) is 34.1 Å². The van der Waals surface area contributed by atoms with Gasteiger partial charge < -0.3 is 14.8 Å². The molecule has 2 aromatic carbocycles. The van der Waals surface area contributed by atoms with E-state index in [9.17, 15) is 0 Å². The fraction of sp³-hybridized carbons (Fsp3) is 0.160. The minimum absolute atomic E-state index is 0.278. The molecule has 6 rings (SSSR count). The molecular formula is C25H20ClN5O2. The number of hydrogen-bond acceptors (Lipinski definition) is 6. The second kappa shape index (κ2) is 7.94. The van der Waals surface area contributed by atoms with Gasteiger partial charge in [0.05, 0.1) is 12.3 Å². The first-order chi connectivity index (χ1) is 16.2. The number of fused-ring (bicyclic) bond motifs is 3. The summed E-state index contributed by atoms with van der Waals surface area (Å²) in [5.74, 6) is 2.16. The molecule has 7 nitrogen and oxygen atoms in total. The lowest BCUT2D eigenvalue weighted by Crippen LogP contribution is -2.32. The number of ether oxygens (including phenoxy) is 2. The lowest BCUT2D eigenvalue weighted by Gasteiger charge is -2.39. The Morgan fingerprint density at radius 1 is 1.15 bits per heavy atom. The molecule has 0 unspecified atom stereocenters. The van der Waals surface area contributed by atoms with Gasteiger partial charge >= 0.3 is 0 Å². The van der Waals surface area contributed by atoms with E-state index in [1.165, 1.54) is 0 Å². The van der Waals surface area contributed by atoms with Crippen molar-refractivity contribution in [1.82, 2.24) is 19.7 Å². The quantitative estimate of drug-likeness (QED) is 0.449. The lowest BCUT2D eigenvalue weighted by atomic mass is 9.85. The fourth-order valence-electron chi connectivity index (χ4n) is 4.54. The summed E-state index contributed by atoms with van der Waals surface area (Å²) in [6, 6.07) is 17.3. The molecule has 4 aromatic rings. The van der Waals surface area contributed by atoms with Gasteiger partial charge in [-0.05, 0) is 42.8 Å².